The van der Waals surface area contributed by atoms with Crippen molar-refractivity contribution in [2.75, 3.05) is 26.3 Å². The summed E-state index contributed by atoms with van der Waals surface area (Å²) in [5, 5.41) is 27.2. The molecule has 4 N–H and O–H groups in total. The van der Waals surface area contributed by atoms with Gasteiger partial charge in [0, 0.05) is 84.6 Å². The van der Waals surface area contributed by atoms with Crippen LogP contribution < -0.4 is 21.8 Å². The van der Waals surface area contributed by atoms with Gasteiger partial charge in [-0.25, -0.2) is 0 Å². The van der Waals surface area contributed by atoms with E-state index in [9.17, 15) is 29.4 Å². The molecule has 2 amide bonds. The van der Waals surface area contributed by atoms with Gasteiger partial charge in [0.05, 0.1) is 24.2 Å². The van der Waals surface area contributed by atoms with E-state index in [2.05, 4.69) is 58.5 Å². The summed E-state index contributed by atoms with van der Waals surface area (Å²) in [5.74, 6) is -0.313. The molecule has 12 nitrogen and oxygen atoms in total. The average molecular weight is 867 g/mol. The van der Waals surface area contributed by atoms with E-state index in [1.165, 1.54) is 22.3 Å². The van der Waals surface area contributed by atoms with E-state index in [0.717, 1.165) is 37.1 Å². The van der Waals surface area contributed by atoms with Gasteiger partial charge in [-0.15, -0.1) is 0 Å². The van der Waals surface area contributed by atoms with Crippen molar-refractivity contribution >= 4 is 24.0 Å². The number of likely N-dealkylation sites (tertiary alicyclic amines) is 2. The number of aliphatic hydroxyl groups is 2. The minimum Gasteiger partial charge on any atom is -0.396 e. The molecule has 0 bridgehead atoms. The Labute approximate surface area is 375 Å². The summed E-state index contributed by atoms with van der Waals surface area (Å²) in [5.41, 5.74) is 8.49. The fraction of sp³-hybridized carbons (Fsp3) is 0.462. The average Bonchev–Trinajstić information content (AvgIpc) is 4.15. The number of benzene rings is 2. The number of amides is 2. The Hall–Kier alpha value is -5.40. The van der Waals surface area contributed by atoms with Crippen LogP contribution in [0.25, 0.3) is 12.2 Å². The van der Waals surface area contributed by atoms with Crippen LogP contribution in [0, 0.1) is 23.7 Å². The molecule has 0 spiro atoms. The van der Waals surface area contributed by atoms with E-state index in [1.54, 1.807) is 0 Å². The standard InChI is InChI=1S/2C26H31N3O3/c2*1-3-7-16-10-11-22-23-20(14-29(22)26(16)32)21(15-30)24(28(23)4-2)25(31)27-19-12-17-8-5-6-9-18(17)13-19/h2*3,5-11,19-21,23-24,30H,4,12-15H2,1-2H3,(H,27,31)/b7-3+;7-3-/t2*20-,21-,23+,24-/m11/s1. The highest BCUT2D eigenvalue weighted by Crippen LogP contribution is 2.50. The van der Waals surface area contributed by atoms with Gasteiger partial charge in [-0.3, -0.25) is 29.0 Å². The summed E-state index contributed by atoms with van der Waals surface area (Å²) in [6.45, 7) is 10.2. The molecule has 6 aliphatic rings. The number of aromatic nitrogens is 2. The summed E-state index contributed by atoms with van der Waals surface area (Å²) in [7, 11) is 0. The minimum absolute atomic E-state index is 0.00228. The van der Waals surface area contributed by atoms with Crippen LogP contribution in [0.3, 0.4) is 0 Å². The maximum atomic E-state index is 13.5. The zero-order valence-electron chi connectivity index (χ0n) is 37.4. The lowest BCUT2D eigenvalue weighted by molar-refractivity contribution is -0.129. The highest BCUT2D eigenvalue weighted by molar-refractivity contribution is 5.84. The summed E-state index contributed by atoms with van der Waals surface area (Å²) < 4.78 is 3.69. The zero-order valence-corrected chi connectivity index (χ0v) is 37.4. The Bertz CT molecular complexity index is 2370. The monoisotopic (exact) mass is 866 g/mol. The third-order valence-corrected chi connectivity index (χ3v) is 15.2. The Kier molecular flexibility index (Phi) is 12.5. The fourth-order valence-electron chi connectivity index (χ4n) is 12.5. The molecule has 2 aliphatic carbocycles. The molecule has 0 radical (unpaired) electrons. The highest BCUT2D eigenvalue weighted by atomic mass is 16.3. The Morgan fingerprint density at radius 2 is 0.953 bits per heavy atom. The second-order valence-electron chi connectivity index (χ2n) is 18.5. The van der Waals surface area contributed by atoms with Crippen LogP contribution in [0.5, 0.6) is 0 Å². The van der Waals surface area contributed by atoms with Crippen LogP contribution in [0.1, 0.15) is 84.5 Å². The van der Waals surface area contributed by atoms with Crippen molar-refractivity contribution in [2.45, 2.75) is 103 Å². The third kappa shape index (κ3) is 7.51. The summed E-state index contributed by atoms with van der Waals surface area (Å²) in [4.78, 5) is 57.3. The SMILES string of the molecule is C/C=C/c1ccc2n(c1=O)C[C@@H]1[C@@H](CO)[C@H](C(=O)NC3Cc4ccccc4C3)N(CC)[C@H]21.C/C=C\c1ccc2n(c1=O)C[C@@H]1[C@@H](CO)[C@H](C(=O)NC3Cc4ccccc4C3)N(CC)[C@H]21. The Morgan fingerprint density at radius 1 is 0.594 bits per heavy atom. The lowest BCUT2D eigenvalue weighted by Crippen LogP contribution is -2.51. The van der Waals surface area contributed by atoms with Crippen LogP contribution in [0.2, 0.25) is 0 Å². The van der Waals surface area contributed by atoms with Gasteiger partial charge in [0.25, 0.3) is 11.1 Å². The largest absolute Gasteiger partial charge is 0.396 e. The molecule has 2 fully saturated rings. The van der Waals surface area contributed by atoms with E-state index in [1.807, 2.05) is 95.8 Å². The topological polar surface area (TPSA) is 149 Å². The number of likely N-dealkylation sites (N-methyl/N-ethyl adjacent to an activating group) is 2. The van der Waals surface area contributed by atoms with Crippen molar-refractivity contribution in [1.82, 2.24) is 29.6 Å². The summed E-state index contributed by atoms with van der Waals surface area (Å²) >= 11 is 0. The Balaban J connectivity index is 0.000000162. The smallest absolute Gasteiger partial charge is 0.258 e. The van der Waals surface area contributed by atoms with Crippen LogP contribution >= 0.6 is 0 Å². The first-order chi connectivity index (χ1) is 31.1. The number of hydrogen-bond donors (Lipinski definition) is 4. The maximum absolute atomic E-state index is 13.5. The molecule has 8 atom stereocenters. The number of nitrogens with one attached hydrogen (secondary N) is 2. The van der Waals surface area contributed by atoms with Crippen LogP contribution in [-0.4, -0.2) is 91.4 Å². The van der Waals surface area contributed by atoms with Crippen molar-refractivity contribution in [1.29, 1.82) is 0 Å². The predicted molar refractivity (Wildman–Crippen MR) is 248 cm³/mol. The Morgan fingerprint density at radius 3 is 1.27 bits per heavy atom. The van der Waals surface area contributed by atoms with E-state index in [-0.39, 0.29) is 96.1 Å². The number of nitrogens with zero attached hydrogens (tertiary/aromatic N) is 4. The van der Waals surface area contributed by atoms with Gasteiger partial charge >= 0.3 is 0 Å². The van der Waals surface area contributed by atoms with Crippen LogP contribution in [0.4, 0.5) is 0 Å². The summed E-state index contributed by atoms with van der Waals surface area (Å²) in [6.07, 6.45) is 10.8. The maximum Gasteiger partial charge on any atom is 0.258 e. The number of carbonyl (C=O) groups is 2. The van der Waals surface area contributed by atoms with Gasteiger partial charge in [-0.05, 0) is 99.1 Å². The lowest BCUT2D eigenvalue weighted by Gasteiger charge is -2.30. The molecule has 2 saturated heterocycles. The van der Waals surface area contributed by atoms with Gasteiger partial charge < -0.3 is 30.0 Å². The molecule has 4 aromatic rings. The molecule has 12 heteroatoms. The molecule has 4 aliphatic heterocycles. The van der Waals surface area contributed by atoms with Crippen molar-refractivity contribution in [3.8, 4) is 0 Å². The molecule has 0 unspecified atom stereocenters. The number of fused-ring (bicyclic) bond motifs is 8. The molecule has 2 aromatic heterocycles. The minimum atomic E-state index is -0.386. The van der Waals surface area contributed by atoms with Crippen LogP contribution in [0.15, 0.2) is 94.5 Å². The number of hydrogen-bond acceptors (Lipinski definition) is 8. The van der Waals surface area contributed by atoms with Gasteiger partial charge in [0.2, 0.25) is 11.8 Å². The first kappa shape index (κ1) is 43.8. The number of rotatable bonds is 10. The van der Waals surface area contributed by atoms with Crippen molar-refractivity contribution in [3.63, 3.8) is 0 Å². The number of pyridine rings is 2. The second kappa shape index (κ2) is 18.2. The first-order valence-electron chi connectivity index (χ1n) is 23.3. The van der Waals surface area contributed by atoms with Gasteiger partial charge in [0.1, 0.15) is 0 Å². The first-order valence-corrected chi connectivity index (χ1v) is 23.3. The number of allylic oxidation sites excluding steroid dienone is 2. The van der Waals surface area contributed by atoms with E-state index >= 15 is 0 Å². The highest BCUT2D eigenvalue weighted by Gasteiger charge is 2.56. The fourth-order valence-corrected chi connectivity index (χ4v) is 12.5. The molecule has 6 heterocycles. The van der Waals surface area contributed by atoms with Crippen LogP contribution in [-0.2, 0) is 48.4 Å². The lowest BCUT2D eigenvalue weighted by atomic mass is 9.88. The quantitative estimate of drug-likeness (QED) is 0.185. The van der Waals surface area contributed by atoms with E-state index in [4.69, 9.17) is 0 Å². The molecule has 0 saturated carbocycles. The van der Waals surface area contributed by atoms with Gasteiger partial charge in [-0.1, -0.05) is 86.7 Å². The van der Waals surface area contributed by atoms with Crippen molar-refractivity contribution < 1.29 is 19.8 Å². The van der Waals surface area contributed by atoms with Gasteiger partial charge in [0.15, 0.2) is 0 Å². The zero-order chi connectivity index (χ0) is 44.8. The molecule has 10 rings (SSSR count). The number of carbonyl (C=O) groups excluding carboxylic acids is 2. The normalized spacial score (nSPS) is 27.0. The molecule has 336 valence electrons. The number of aliphatic hydroxyl groups excluding tert-OH is 2. The molecular formula is C52H62N6O6. The third-order valence-electron chi connectivity index (χ3n) is 15.2. The second-order valence-corrected chi connectivity index (χ2v) is 18.5. The van der Waals surface area contributed by atoms with E-state index < -0.39 is 0 Å². The molecule has 2 aromatic carbocycles. The predicted octanol–water partition coefficient (Wildman–Crippen LogP) is 4.30. The van der Waals surface area contributed by atoms with Crippen molar-refractivity contribution in [3.05, 3.63) is 150 Å². The van der Waals surface area contributed by atoms with Crippen molar-refractivity contribution in [2.24, 2.45) is 23.7 Å². The molecule has 64 heavy (non-hydrogen) atoms. The van der Waals surface area contributed by atoms with Gasteiger partial charge in [-0.2, -0.15) is 0 Å². The molecular weight excluding hydrogens is 805 g/mol. The van der Waals surface area contributed by atoms with E-state index in [0.29, 0.717) is 37.3 Å². The summed E-state index contributed by atoms with van der Waals surface area (Å²) in [6, 6.07) is 23.9.